The number of carbonyl (C=O) groups excluding carboxylic acids is 2. The van der Waals surface area contributed by atoms with Gasteiger partial charge in [-0.05, 0) is 38.5 Å². The number of nitrogens with one attached hydrogen (secondary N) is 2. The summed E-state index contributed by atoms with van der Waals surface area (Å²) in [5.74, 6) is -0.306. The molecule has 25 heavy (non-hydrogen) atoms. The lowest BCUT2D eigenvalue weighted by molar-refractivity contribution is 0.0925. The average molecular weight is 366 g/mol. The van der Waals surface area contributed by atoms with E-state index in [9.17, 15) is 18.0 Å². The highest BCUT2D eigenvalue weighted by atomic mass is 32.2. The second-order valence-corrected chi connectivity index (χ2v) is 9.39. The van der Waals surface area contributed by atoms with Gasteiger partial charge in [0.05, 0.1) is 17.2 Å². The van der Waals surface area contributed by atoms with Gasteiger partial charge in [0.1, 0.15) is 5.69 Å². The van der Waals surface area contributed by atoms with E-state index in [2.05, 4.69) is 15.6 Å². The van der Waals surface area contributed by atoms with Crippen molar-refractivity contribution in [3.63, 3.8) is 0 Å². The number of fused-ring (bicyclic) bond motifs is 1. The van der Waals surface area contributed by atoms with Crippen LogP contribution in [0.1, 0.15) is 58.9 Å². The van der Waals surface area contributed by atoms with Gasteiger partial charge in [0.15, 0.2) is 15.7 Å². The first-order valence-corrected chi connectivity index (χ1v) is 10.7. The van der Waals surface area contributed by atoms with Gasteiger partial charge in [0.2, 0.25) is 0 Å². The highest BCUT2D eigenvalue weighted by molar-refractivity contribution is 7.91. The molecule has 2 N–H and O–H groups in total. The molecule has 1 saturated carbocycles. The van der Waals surface area contributed by atoms with Crippen molar-refractivity contribution in [2.24, 2.45) is 0 Å². The number of carbonyl (C=O) groups is 2. The van der Waals surface area contributed by atoms with E-state index >= 15 is 0 Å². The Bertz CT molecular complexity index is 825. The van der Waals surface area contributed by atoms with Gasteiger partial charge in [-0.1, -0.05) is 0 Å². The number of imidazole rings is 1. The molecule has 136 valence electrons. The molecule has 1 aliphatic carbocycles. The highest BCUT2D eigenvalue weighted by Crippen LogP contribution is 2.24. The minimum absolute atomic E-state index is 0.0265. The largest absolute Gasteiger partial charge is 0.348 e. The molecule has 0 radical (unpaired) electrons. The number of nitrogens with zero attached hydrogens (tertiary/aromatic N) is 2. The minimum Gasteiger partial charge on any atom is -0.348 e. The zero-order valence-electron chi connectivity index (χ0n) is 14.0. The van der Waals surface area contributed by atoms with Crippen LogP contribution in [0.3, 0.4) is 0 Å². The molecule has 1 unspecified atom stereocenters. The quantitative estimate of drug-likeness (QED) is 0.781. The fraction of sp³-hybridized carbons (Fsp3) is 0.688. The molecule has 2 aliphatic heterocycles. The van der Waals surface area contributed by atoms with E-state index in [-0.39, 0.29) is 35.3 Å². The third-order valence-electron chi connectivity index (χ3n) is 5.02. The van der Waals surface area contributed by atoms with Gasteiger partial charge in [0, 0.05) is 18.6 Å². The lowest BCUT2D eigenvalue weighted by Crippen LogP contribution is -2.37. The summed E-state index contributed by atoms with van der Waals surface area (Å²) in [5, 5.41) is 5.70. The predicted octanol–water partition coefficient (Wildman–Crippen LogP) is 0.0285. The maximum atomic E-state index is 12.6. The van der Waals surface area contributed by atoms with Crippen LogP contribution in [0, 0.1) is 0 Å². The fourth-order valence-corrected chi connectivity index (χ4v) is 5.21. The van der Waals surface area contributed by atoms with Crippen molar-refractivity contribution >= 4 is 21.7 Å². The smallest absolute Gasteiger partial charge is 0.287 e. The number of hydrogen-bond donors (Lipinski definition) is 2. The van der Waals surface area contributed by atoms with Crippen LogP contribution < -0.4 is 10.6 Å². The summed E-state index contributed by atoms with van der Waals surface area (Å²) < 4.78 is 25.0. The molecule has 0 bridgehead atoms. The fourth-order valence-electron chi connectivity index (χ4n) is 3.54. The number of aromatic nitrogens is 2. The maximum absolute atomic E-state index is 12.6. The summed E-state index contributed by atoms with van der Waals surface area (Å²) in [6, 6.07) is -0.146. The summed E-state index contributed by atoms with van der Waals surface area (Å²) >= 11 is 0. The molecule has 1 aromatic rings. The Morgan fingerprint density at radius 1 is 1.04 bits per heavy atom. The third-order valence-corrected chi connectivity index (χ3v) is 6.78. The third kappa shape index (κ3) is 3.42. The van der Waals surface area contributed by atoms with Crippen molar-refractivity contribution in [3.8, 4) is 0 Å². The van der Waals surface area contributed by atoms with Gasteiger partial charge in [-0.25, -0.2) is 13.4 Å². The van der Waals surface area contributed by atoms with Crippen molar-refractivity contribution < 1.29 is 18.0 Å². The first-order chi connectivity index (χ1) is 11.9. The SMILES string of the molecule is O=C(NC1CC1)c1nc(C(=O)NC2CCS(=O)(=O)C2)n2c1CCCC2. The van der Waals surface area contributed by atoms with Gasteiger partial charge >= 0.3 is 0 Å². The van der Waals surface area contributed by atoms with E-state index in [1.165, 1.54) is 0 Å². The number of rotatable bonds is 4. The summed E-state index contributed by atoms with van der Waals surface area (Å²) in [4.78, 5) is 29.4. The zero-order chi connectivity index (χ0) is 17.6. The molecule has 1 saturated heterocycles. The van der Waals surface area contributed by atoms with Gasteiger partial charge in [-0.15, -0.1) is 0 Å². The average Bonchev–Trinajstić information content (AvgIpc) is 3.18. The van der Waals surface area contributed by atoms with Crippen molar-refractivity contribution in [3.05, 3.63) is 17.2 Å². The molecule has 2 amide bonds. The van der Waals surface area contributed by atoms with Crippen LogP contribution in [0.4, 0.5) is 0 Å². The van der Waals surface area contributed by atoms with Gasteiger partial charge in [-0.3, -0.25) is 9.59 Å². The Labute approximate surface area is 146 Å². The lowest BCUT2D eigenvalue weighted by Gasteiger charge is -2.17. The van der Waals surface area contributed by atoms with E-state index in [1.54, 1.807) is 0 Å². The first kappa shape index (κ1) is 16.6. The molecule has 3 heterocycles. The van der Waals surface area contributed by atoms with Crippen molar-refractivity contribution in [1.82, 2.24) is 20.2 Å². The second-order valence-electron chi connectivity index (χ2n) is 7.16. The van der Waals surface area contributed by atoms with Crippen LogP contribution >= 0.6 is 0 Å². The Morgan fingerprint density at radius 2 is 1.80 bits per heavy atom. The van der Waals surface area contributed by atoms with E-state index in [1.807, 2.05) is 4.57 Å². The molecule has 0 spiro atoms. The van der Waals surface area contributed by atoms with Gasteiger partial charge in [-0.2, -0.15) is 0 Å². The van der Waals surface area contributed by atoms with Crippen molar-refractivity contribution in [2.45, 2.75) is 57.2 Å². The van der Waals surface area contributed by atoms with Crippen LogP contribution in [0.15, 0.2) is 0 Å². The highest BCUT2D eigenvalue weighted by Gasteiger charge is 2.33. The van der Waals surface area contributed by atoms with Crippen LogP contribution in [0.25, 0.3) is 0 Å². The van der Waals surface area contributed by atoms with Crippen molar-refractivity contribution in [2.75, 3.05) is 11.5 Å². The first-order valence-electron chi connectivity index (χ1n) is 8.84. The number of amides is 2. The van der Waals surface area contributed by atoms with Crippen LogP contribution in [-0.4, -0.2) is 53.4 Å². The standard InChI is InChI=1S/C16H22N4O4S/c21-15(17-10-4-5-10)13-12-3-1-2-7-20(12)14(19-13)16(22)18-11-6-8-25(23,24)9-11/h10-11H,1-9H2,(H,17,21)(H,18,22). The molecule has 2 fully saturated rings. The normalized spacial score (nSPS) is 24.6. The topological polar surface area (TPSA) is 110 Å². The predicted molar refractivity (Wildman–Crippen MR) is 90.2 cm³/mol. The second kappa shape index (κ2) is 6.12. The molecule has 1 aromatic heterocycles. The molecule has 3 aliphatic rings. The van der Waals surface area contributed by atoms with Gasteiger partial charge in [0.25, 0.3) is 11.8 Å². The number of hydrogen-bond acceptors (Lipinski definition) is 5. The Morgan fingerprint density at radius 3 is 2.48 bits per heavy atom. The van der Waals surface area contributed by atoms with Gasteiger partial charge < -0.3 is 15.2 Å². The Balaban J connectivity index is 1.57. The summed E-state index contributed by atoms with van der Waals surface area (Å²) in [5.41, 5.74) is 1.16. The molecule has 1 atom stereocenters. The Kier molecular flexibility index (Phi) is 4.05. The molecule has 8 nitrogen and oxygen atoms in total. The van der Waals surface area contributed by atoms with E-state index in [0.717, 1.165) is 37.8 Å². The van der Waals surface area contributed by atoms with Crippen LogP contribution in [0.5, 0.6) is 0 Å². The van der Waals surface area contributed by atoms with Crippen molar-refractivity contribution in [1.29, 1.82) is 0 Å². The maximum Gasteiger partial charge on any atom is 0.287 e. The van der Waals surface area contributed by atoms with Crippen LogP contribution in [-0.2, 0) is 22.8 Å². The van der Waals surface area contributed by atoms with Crippen LogP contribution in [0.2, 0.25) is 0 Å². The Hall–Kier alpha value is -1.90. The zero-order valence-corrected chi connectivity index (χ0v) is 14.8. The summed E-state index contributed by atoms with van der Waals surface area (Å²) in [7, 11) is -3.06. The minimum atomic E-state index is -3.06. The monoisotopic (exact) mass is 366 g/mol. The molecular weight excluding hydrogens is 344 g/mol. The van der Waals surface area contributed by atoms with E-state index < -0.39 is 15.7 Å². The summed E-state index contributed by atoms with van der Waals surface area (Å²) in [6.07, 6.45) is 5.04. The summed E-state index contributed by atoms with van der Waals surface area (Å²) in [6.45, 7) is 0.658. The van der Waals surface area contributed by atoms with E-state index in [4.69, 9.17) is 0 Å². The molecular formula is C16H22N4O4S. The number of sulfone groups is 1. The van der Waals surface area contributed by atoms with E-state index in [0.29, 0.717) is 18.7 Å². The molecule has 0 aromatic carbocycles. The molecule has 4 rings (SSSR count). The molecule has 9 heteroatoms. The lowest BCUT2D eigenvalue weighted by atomic mass is 10.1.